The summed E-state index contributed by atoms with van der Waals surface area (Å²) in [4.78, 5) is 12.2. The molecule has 0 aliphatic rings. The van der Waals surface area contributed by atoms with Gasteiger partial charge >= 0.3 is 0 Å². The first kappa shape index (κ1) is 18.6. The van der Waals surface area contributed by atoms with E-state index in [1.807, 2.05) is 18.2 Å². The Morgan fingerprint density at radius 3 is 2.58 bits per heavy atom. The van der Waals surface area contributed by atoms with Gasteiger partial charge in [-0.25, -0.2) is 0 Å². The van der Waals surface area contributed by atoms with Gasteiger partial charge in [-0.15, -0.1) is 0 Å². The minimum Gasteiger partial charge on any atom is -0.453 e. The summed E-state index contributed by atoms with van der Waals surface area (Å²) < 4.78 is 11.1. The Hall–Kier alpha value is -1.73. The first-order valence-corrected chi connectivity index (χ1v) is 8.06. The molecule has 0 aliphatic heterocycles. The molecule has 24 heavy (non-hydrogen) atoms. The average molecular weight is 336 g/mol. The highest BCUT2D eigenvalue weighted by Crippen LogP contribution is 2.21. The van der Waals surface area contributed by atoms with Crippen LogP contribution in [-0.2, 0) is 4.74 Å². The molecule has 2 rings (SSSR count). The predicted octanol–water partition coefficient (Wildman–Crippen LogP) is 1.90. The Morgan fingerprint density at radius 2 is 1.96 bits per heavy atom. The number of furan rings is 1. The number of aliphatic hydroxyl groups excluding tert-OH is 3. The third kappa shape index (κ3) is 4.64. The number of hydrogen-bond acceptors (Lipinski definition) is 6. The smallest absolute Gasteiger partial charge is 0.198 e. The molecule has 0 aliphatic carbocycles. The van der Waals surface area contributed by atoms with Crippen LogP contribution in [0.1, 0.15) is 37.2 Å². The molecule has 0 saturated carbocycles. The first-order chi connectivity index (χ1) is 11.4. The standard InChI is InChI=1S/C18H24O6/c1-11(23-17(10-19)18(22)12(2)20)7-8-14(21)16-9-13-5-3-4-6-15(13)24-16/h3-6,9,11-12,17-20,22H,7-8,10H2,1-2H3. The van der Waals surface area contributed by atoms with E-state index in [2.05, 4.69) is 0 Å². The van der Waals surface area contributed by atoms with Crippen molar-refractivity contribution in [1.82, 2.24) is 0 Å². The van der Waals surface area contributed by atoms with Crippen LogP contribution in [-0.4, -0.2) is 52.1 Å². The van der Waals surface area contributed by atoms with Crippen molar-refractivity contribution in [2.24, 2.45) is 0 Å². The molecule has 0 spiro atoms. The number of Topliss-reactive ketones (excluding diaryl/α,β-unsaturated/α-hetero) is 1. The Labute approximate surface area is 140 Å². The van der Waals surface area contributed by atoms with Crippen molar-refractivity contribution in [2.45, 2.75) is 51.1 Å². The number of benzene rings is 1. The molecular weight excluding hydrogens is 312 g/mol. The van der Waals surface area contributed by atoms with Gasteiger partial charge in [0.2, 0.25) is 0 Å². The molecule has 6 nitrogen and oxygen atoms in total. The largest absolute Gasteiger partial charge is 0.453 e. The van der Waals surface area contributed by atoms with E-state index >= 15 is 0 Å². The van der Waals surface area contributed by atoms with E-state index < -0.39 is 24.9 Å². The van der Waals surface area contributed by atoms with E-state index in [0.717, 1.165) is 5.39 Å². The highest BCUT2D eigenvalue weighted by Gasteiger charge is 2.25. The lowest BCUT2D eigenvalue weighted by molar-refractivity contribution is -0.124. The van der Waals surface area contributed by atoms with Crippen LogP contribution < -0.4 is 0 Å². The van der Waals surface area contributed by atoms with Crippen LogP contribution in [0.3, 0.4) is 0 Å². The maximum Gasteiger partial charge on any atom is 0.198 e. The van der Waals surface area contributed by atoms with Crippen LogP contribution in [0.15, 0.2) is 34.7 Å². The molecule has 0 fully saturated rings. The number of para-hydroxylation sites is 1. The molecule has 1 aromatic carbocycles. The van der Waals surface area contributed by atoms with E-state index in [-0.39, 0.29) is 18.3 Å². The molecule has 6 heteroatoms. The summed E-state index contributed by atoms with van der Waals surface area (Å²) in [5.41, 5.74) is 0.672. The fraction of sp³-hybridized carbons (Fsp3) is 0.500. The van der Waals surface area contributed by atoms with Gasteiger partial charge in [-0.1, -0.05) is 18.2 Å². The van der Waals surface area contributed by atoms with Crippen molar-refractivity contribution in [3.63, 3.8) is 0 Å². The molecule has 0 amide bonds. The van der Waals surface area contributed by atoms with E-state index in [1.165, 1.54) is 6.92 Å². The number of ketones is 1. The summed E-state index contributed by atoms with van der Waals surface area (Å²) in [5, 5.41) is 29.3. The van der Waals surface area contributed by atoms with Gasteiger partial charge in [0.1, 0.15) is 17.8 Å². The van der Waals surface area contributed by atoms with Crippen LogP contribution in [0.5, 0.6) is 0 Å². The number of carbonyl (C=O) groups is 1. The predicted molar refractivity (Wildman–Crippen MR) is 88.9 cm³/mol. The zero-order valence-electron chi connectivity index (χ0n) is 13.9. The number of hydrogen-bond donors (Lipinski definition) is 3. The first-order valence-electron chi connectivity index (χ1n) is 8.06. The third-order valence-corrected chi connectivity index (χ3v) is 3.94. The lowest BCUT2D eigenvalue weighted by Gasteiger charge is -2.26. The second-order valence-corrected chi connectivity index (χ2v) is 6.01. The van der Waals surface area contributed by atoms with Gasteiger partial charge < -0.3 is 24.5 Å². The Kier molecular flexibility index (Phi) is 6.51. The van der Waals surface area contributed by atoms with Crippen molar-refractivity contribution >= 4 is 16.8 Å². The zero-order chi connectivity index (χ0) is 17.7. The third-order valence-electron chi connectivity index (χ3n) is 3.94. The Morgan fingerprint density at radius 1 is 1.25 bits per heavy atom. The van der Waals surface area contributed by atoms with Crippen LogP contribution in [0.4, 0.5) is 0 Å². The molecule has 4 unspecified atom stereocenters. The van der Waals surface area contributed by atoms with E-state index in [1.54, 1.807) is 19.1 Å². The molecule has 1 heterocycles. The van der Waals surface area contributed by atoms with E-state index in [9.17, 15) is 20.1 Å². The second-order valence-electron chi connectivity index (χ2n) is 6.01. The fourth-order valence-corrected chi connectivity index (χ4v) is 2.49. The van der Waals surface area contributed by atoms with Crippen LogP contribution in [0, 0.1) is 0 Å². The van der Waals surface area contributed by atoms with Gasteiger partial charge in [-0.05, 0) is 32.4 Å². The van der Waals surface area contributed by atoms with E-state index in [4.69, 9.17) is 9.15 Å². The number of fused-ring (bicyclic) bond motifs is 1. The lowest BCUT2D eigenvalue weighted by Crippen LogP contribution is -2.41. The summed E-state index contributed by atoms with van der Waals surface area (Å²) >= 11 is 0. The highest BCUT2D eigenvalue weighted by atomic mass is 16.5. The molecule has 4 atom stereocenters. The molecule has 0 bridgehead atoms. The van der Waals surface area contributed by atoms with Gasteiger partial charge in [0.05, 0.1) is 18.8 Å². The van der Waals surface area contributed by atoms with Crippen LogP contribution in [0.2, 0.25) is 0 Å². The maximum atomic E-state index is 12.2. The normalized spacial score (nSPS) is 16.7. The van der Waals surface area contributed by atoms with Gasteiger partial charge in [-0.2, -0.15) is 0 Å². The average Bonchev–Trinajstić information content (AvgIpc) is 3.01. The lowest BCUT2D eigenvalue weighted by atomic mass is 10.1. The molecule has 0 saturated heterocycles. The Bertz CT molecular complexity index is 629. The Balaban J connectivity index is 1.88. The molecule has 0 radical (unpaired) electrons. The summed E-state index contributed by atoms with van der Waals surface area (Å²) in [6.07, 6.45) is -2.79. The molecule has 132 valence electrons. The molecule has 3 N–H and O–H groups in total. The highest BCUT2D eigenvalue weighted by molar-refractivity contribution is 5.97. The molecular formula is C18H24O6. The summed E-state index contributed by atoms with van der Waals surface area (Å²) in [5.74, 6) is 0.185. The van der Waals surface area contributed by atoms with Crippen molar-refractivity contribution < 1.29 is 29.3 Å². The summed E-state index contributed by atoms with van der Waals surface area (Å²) in [7, 11) is 0. The van der Waals surface area contributed by atoms with Crippen molar-refractivity contribution in [3.8, 4) is 0 Å². The van der Waals surface area contributed by atoms with Gasteiger partial charge in [0.25, 0.3) is 0 Å². The number of ether oxygens (including phenoxy) is 1. The van der Waals surface area contributed by atoms with Gasteiger partial charge in [0, 0.05) is 11.8 Å². The number of aliphatic hydroxyl groups is 3. The van der Waals surface area contributed by atoms with Gasteiger partial charge in [-0.3, -0.25) is 4.79 Å². The molecule has 1 aromatic heterocycles. The minimum atomic E-state index is -1.18. The number of carbonyl (C=O) groups excluding carboxylic acids is 1. The monoisotopic (exact) mass is 336 g/mol. The molecule has 2 aromatic rings. The second kappa shape index (κ2) is 8.39. The fourth-order valence-electron chi connectivity index (χ4n) is 2.49. The van der Waals surface area contributed by atoms with Gasteiger partial charge in [0.15, 0.2) is 11.5 Å². The van der Waals surface area contributed by atoms with Crippen LogP contribution >= 0.6 is 0 Å². The summed E-state index contributed by atoms with van der Waals surface area (Å²) in [6.45, 7) is 2.77. The van der Waals surface area contributed by atoms with Crippen molar-refractivity contribution in [3.05, 3.63) is 36.1 Å². The van der Waals surface area contributed by atoms with Crippen LogP contribution in [0.25, 0.3) is 11.0 Å². The van der Waals surface area contributed by atoms with E-state index in [0.29, 0.717) is 17.8 Å². The number of rotatable bonds is 9. The maximum absolute atomic E-state index is 12.2. The minimum absolute atomic E-state index is 0.127. The summed E-state index contributed by atoms with van der Waals surface area (Å²) in [6, 6.07) is 9.13. The van der Waals surface area contributed by atoms with Crippen molar-refractivity contribution in [1.29, 1.82) is 0 Å². The zero-order valence-corrected chi connectivity index (χ0v) is 13.9. The SMILES string of the molecule is CC(CCC(=O)c1cc2ccccc2o1)OC(CO)C(O)C(C)O. The topological polar surface area (TPSA) is 100 Å². The quantitative estimate of drug-likeness (QED) is 0.605. The van der Waals surface area contributed by atoms with Crippen molar-refractivity contribution in [2.75, 3.05) is 6.61 Å².